The molecule has 0 aromatic carbocycles. The molecule has 0 unspecified atom stereocenters. The summed E-state index contributed by atoms with van der Waals surface area (Å²) in [6, 6.07) is 0. The molecule has 0 radical (unpaired) electrons. The number of aromatic nitrogens is 2. The number of methoxy groups -OCH3 is 1. The molecule has 0 saturated heterocycles. The van der Waals surface area contributed by atoms with Gasteiger partial charge in [-0.3, -0.25) is 14.3 Å². The number of carbonyl (C=O) groups is 2. The molecule has 6 heteroatoms. The predicted octanol–water partition coefficient (Wildman–Crippen LogP) is 0.649. The van der Waals surface area contributed by atoms with Crippen molar-refractivity contribution in [3.63, 3.8) is 0 Å². The van der Waals surface area contributed by atoms with Crippen molar-refractivity contribution < 1.29 is 14.3 Å². The summed E-state index contributed by atoms with van der Waals surface area (Å²) in [4.78, 5) is 22.4. The lowest BCUT2D eigenvalue weighted by Crippen LogP contribution is -2.26. The van der Waals surface area contributed by atoms with Crippen LogP contribution in [0.4, 0.5) is 0 Å². The highest BCUT2D eigenvalue weighted by Gasteiger charge is 2.10. The van der Waals surface area contributed by atoms with Crippen LogP contribution in [0.25, 0.3) is 0 Å². The minimum atomic E-state index is -0.367. The minimum Gasteiger partial charge on any atom is -0.469 e. The molecule has 1 N–H and O–H groups in total. The Kier molecular flexibility index (Phi) is 5.54. The first kappa shape index (κ1) is 15.2. The zero-order valence-electron chi connectivity index (χ0n) is 11.9. The van der Waals surface area contributed by atoms with Gasteiger partial charge in [-0.1, -0.05) is 0 Å². The Morgan fingerprint density at radius 3 is 2.53 bits per heavy atom. The molecule has 0 spiro atoms. The first-order valence-corrected chi connectivity index (χ1v) is 6.28. The SMILES string of the molecule is COC(=O)CCC(=O)NCCc1c(C)nn(C)c1C. The van der Waals surface area contributed by atoms with Crippen LogP contribution in [-0.2, 0) is 27.8 Å². The minimum absolute atomic E-state index is 0.118. The number of aryl methyl sites for hydroxylation is 2. The molecule has 0 aliphatic carbocycles. The smallest absolute Gasteiger partial charge is 0.306 e. The summed E-state index contributed by atoms with van der Waals surface area (Å²) >= 11 is 0. The Balaban J connectivity index is 2.34. The summed E-state index contributed by atoms with van der Waals surface area (Å²) in [5.41, 5.74) is 3.26. The second-order valence-electron chi connectivity index (χ2n) is 4.45. The maximum absolute atomic E-state index is 11.5. The molecule has 6 nitrogen and oxygen atoms in total. The van der Waals surface area contributed by atoms with Crippen LogP contribution in [0.5, 0.6) is 0 Å². The van der Waals surface area contributed by atoms with E-state index in [2.05, 4.69) is 15.2 Å². The number of esters is 1. The van der Waals surface area contributed by atoms with Crippen LogP contribution in [0, 0.1) is 13.8 Å². The monoisotopic (exact) mass is 267 g/mol. The topological polar surface area (TPSA) is 73.2 Å². The van der Waals surface area contributed by atoms with Crippen molar-refractivity contribution >= 4 is 11.9 Å². The number of ether oxygens (including phenoxy) is 1. The van der Waals surface area contributed by atoms with Gasteiger partial charge in [0.05, 0.1) is 19.2 Å². The van der Waals surface area contributed by atoms with Gasteiger partial charge in [0.2, 0.25) is 5.91 Å². The Morgan fingerprint density at radius 2 is 2.00 bits per heavy atom. The van der Waals surface area contributed by atoms with Crippen molar-refractivity contribution in [2.75, 3.05) is 13.7 Å². The number of nitrogens with zero attached hydrogens (tertiary/aromatic N) is 2. The number of carbonyl (C=O) groups excluding carboxylic acids is 2. The number of rotatable bonds is 6. The van der Waals surface area contributed by atoms with Crippen LogP contribution < -0.4 is 5.32 Å². The zero-order chi connectivity index (χ0) is 14.4. The van der Waals surface area contributed by atoms with E-state index in [1.807, 2.05) is 25.6 Å². The Labute approximate surface area is 113 Å². The van der Waals surface area contributed by atoms with Crippen molar-refractivity contribution in [2.45, 2.75) is 33.1 Å². The summed E-state index contributed by atoms with van der Waals surface area (Å²) < 4.78 is 6.32. The Bertz CT molecular complexity index is 466. The van der Waals surface area contributed by atoms with Gasteiger partial charge in [0.25, 0.3) is 0 Å². The highest BCUT2D eigenvalue weighted by Crippen LogP contribution is 2.11. The van der Waals surface area contributed by atoms with Crippen molar-refractivity contribution in [1.29, 1.82) is 0 Å². The van der Waals surface area contributed by atoms with Gasteiger partial charge in [-0.25, -0.2) is 0 Å². The molecule has 0 atom stereocenters. The first-order chi connectivity index (χ1) is 8.95. The van der Waals surface area contributed by atoms with Crippen molar-refractivity contribution in [1.82, 2.24) is 15.1 Å². The largest absolute Gasteiger partial charge is 0.469 e. The van der Waals surface area contributed by atoms with Crippen LogP contribution in [0.3, 0.4) is 0 Å². The lowest BCUT2D eigenvalue weighted by molar-refractivity contribution is -0.142. The number of amides is 1. The second kappa shape index (κ2) is 6.92. The lowest BCUT2D eigenvalue weighted by atomic mass is 10.1. The normalized spacial score (nSPS) is 10.3. The fourth-order valence-electron chi connectivity index (χ4n) is 1.91. The van der Waals surface area contributed by atoms with E-state index in [0.29, 0.717) is 6.54 Å². The fourth-order valence-corrected chi connectivity index (χ4v) is 1.91. The Morgan fingerprint density at radius 1 is 1.32 bits per heavy atom. The van der Waals surface area contributed by atoms with Crippen molar-refractivity contribution in [2.24, 2.45) is 7.05 Å². The third kappa shape index (κ3) is 4.39. The molecule has 1 aromatic heterocycles. The van der Waals surface area contributed by atoms with Gasteiger partial charge in [0.1, 0.15) is 0 Å². The van der Waals surface area contributed by atoms with E-state index < -0.39 is 0 Å². The number of hydrogen-bond donors (Lipinski definition) is 1. The first-order valence-electron chi connectivity index (χ1n) is 6.28. The van der Waals surface area contributed by atoms with Gasteiger partial charge in [0, 0.05) is 25.7 Å². The molecule has 1 rings (SSSR count). The maximum Gasteiger partial charge on any atom is 0.306 e. The quantitative estimate of drug-likeness (QED) is 0.768. The molecular weight excluding hydrogens is 246 g/mol. The van der Waals surface area contributed by atoms with E-state index in [0.717, 1.165) is 23.4 Å². The standard InChI is InChI=1S/C13H21N3O3/c1-9-11(10(2)16(3)15-9)7-8-14-12(17)5-6-13(18)19-4/h5-8H2,1-4H3,(H,14,17). The molecule has 0 bridgehead atoms. The van der Waals surface area contributed by atoms with Crippen LogP contribution >= 0.6 is 0 Å². The van der Waals surface area contributed by atoms with Gasteiger partial charge in [-0.2, -0.15) is 5.10 Å². The summed E-state index contributed by atoms with van der Waals surface area (Å²) in [5, 5.41) is 7.11. The zero-order valence-corrected chi connectivity index (χ0v) is 11.9. The van der Waals surface area contributed by atoms with E-state index in [1.165, 1.54) is 7.11 Å². The van der Waals surface area contributed by atoms with Crippen LogP contribution in [0.2, 0.25) is 0 Å². The van der Waals surface area contributed by atoms with E-state index in [1.54, 1.807) is 0 Å². The third-order valence-corrected chi connectivity index (χ3v) is 3.14. The summed E-state index contributed by atoms with van der Waals surface area (Å²) in [7, 11) is 3.22. The lowest BCUT2D eigenvalue weighted by Gasteiger charge is -2.05. The molecule has 0 saturated carbocycles. The molecule has 0 aliphatic heterocycles. The Hall–Kier alpha value is -1.85. The van der Waals surface area contributed by atoms with E-state index in [-0.39, 0.29) is 24.7 Å². The van der Waals surface area contributed by atoms with Gasteiger partial charge in [-0.05, 0) is 25.8 Å². The molecule has 1 amide bonds. The fraction of sp³-hybridized carbons (Fsp3) is 0.615. The van der Waals surface area contributed by atoms with E-state index in [4.69, 9.17) is 0 Å². The van der Waals surface area contributed by atoms with Crippen LogP contribution in [-0.4, -0.2) is 35.3 Å². The second-order valence-corrected chi connectivity index (χ2v) is 4.45. The molecule has 1 aromatic rings. The van der Waals surface area contributed by atoms with E-state index >= 15 is 0 Å². The summed E-state index contributed by atoms with van der Waals surface area (Å²) in [6.45, 7) is 4.52. The van der Waals surface area contributed by atoms with E-state index in [9.17, 15) is 9.59 Å². The third-order valence-electron chi connectivity index (χ3n) is 3.14. The predicted molar refractivity (Wildman–Crippen MR) is 70.6 cm³/mol. The summed E-state index contributed by atoms with van der Waals surface area (Å²) in [5.74, 6) is -0.501. The molecule has 19 heavy (non-hydrogen) atoms. The van der Waals surface area contributed by atoms with Crippen LogP contribution in [0.15, 0.2) is 0 Å². The highest BCUT2D eigenvalue weighted by molar-refractivity contribution is 5.81. The molecule has 0 aliphatic rings. The molecule has 106 valence electrons. The number of nitrogens with one attached hydrogen (secondary N) is 1. The number of hydrogen-bond acceptors (Lipinski definition) is 4. The molecular formula is C13H21N3O3. The van der Waals surface area contributed by atoms with Crippen LogP contribution in [0.1, 0.15) is 29.8 Å². The van der Waals surface area contributed by atoms with Gasteiger partial charge in [0.15, 0.2) is 0 Å². The average Bonchev–Trinajstić information content (AvgIpc) is 2.62. The van der Waals surface area contributed by atoms with Gasteiger partial charge in [-0.15, -0.1) is 0 Å². The molecule has 0 fully saturated rings. The molecule has 1 heterocycles. The van der Waals surface area contributed by atoms with Crippen molar-refractivity contribution in [3.05, 3.63) is 17.0 Å². The van der Waals surface area contributed by atoms with Gasteiger partial charge < -0.3 is 10.1 Å². The highest BCUT2D eigenvalue weighted by atomic mass is 16.5. The van der Waals surface area contributed by atoms with Gasteiger partial charge >= 0.3 is 5.97 Å². The summed E-state index contributed by atoms with van der Waals surface area (Å²) in [6.07, 6.45) is 1.03. The maximum atomic E-state index is 11.5. The van der Waals surface area contributed by atoms with Crippen molar-refractivity contribution in [3.8, 4) is 0 Å². The average molecular weight is 267 g/mol.